The van der Waals surface area contributed by atoms with Crippen LogP contribution in [0.2, 0.25) is 0 Å². The molecule has 4 bridgehead atoms. The maximum atomic E-state index is 15.1. The van der Waals surface area contributed by atoms with Gasteiger partial charge >= 0.3 is 0 Å². The molecule has 11 rings (SSSR count). The second-order valence-corrected chi connectivity index (χ2v) is 15.3. The van der Waals surface area contributed by atoms with E-state index < -0.39 is 11.6 Å². The maximum absolute atomic E-state index is 15.1. The van der Waals surface area contributed by atoms with E-state index in [0.717, 1.165) is 34.8 Å². The highest BCUT2D eigenvalue weighted by Crippen LogP contribution is 2.69. The van der Waals surface area contributed by atoms with Crippen LogP contribution in [0, 0.1) is 35.3 Å². The molecule has 4 fully saturated rings. The minimum atomic E-state index is -0.570. The fourth-order valence-electron chi connectivity index (χ4n) is 11.3. The van der Waals surface area contributed by atoms with Crippen molar-refractivity contribution in [3.8, 4) is 22.3 Å². The van der Waals surface area contributed by atoms with Crippen LogP contribution in [0.4, 0.5) is 25.8 Å². The molecule has 6 aliphatic carbocycles. The first kappa shape index (κ1) is 26.9. The van der Waals surface area contributed by atoms with E-state index >= 15 is 8.78 Å². The summed E-state index contributed by atoms with van der Waals surface area (Å²) in [5.41, 5.74) is 12.7. The summed E-state index contributed by atoms with van der Waals surface area (Å²) in [7, 11) is 0. The molecule has 0 N–H and O–H groups in total. The van der Waals surface area contributed by atoms with Gasteiger partial charge in [-0.25, -0.2) is 8.78 Å². The second-order valence-electron chi connectivity index (χ2n) is 15.3. The van der Waals surface area contributed by atoms with Crippen molar-refractivity contribution < 1.29 is 8.78 Å². The molecule has 0 saturated heterocycles. The number of fused-ring (bicyclic) bond motifs is 6. The molecule has 0 unspecified atom stereocenters. The number of anilines is 3. The van der Waals surface area contributed by atoms with Crippen molar-refractivity contribution in [2.75, 3.05) is 4.90 Å². The molecule has 5 aromatic rings. The summed E-state index contributed by atoms with van der Waals surface area (Å²) in [5.74, 6) is 1.84. The fraction of sp³-hybridized carbons (Fsp3) is 0.302. The zero-order chi connectivity index (χ0) is 30.9. The standard InChI is InChI=1S/C43H37F2N/c1-42(2)36-10-5-4-9-35(36)41-38(42)12-7-13-40(41)46(32-22-29(44)21-30(45)23-32)31-14-15-34-33-8-3-6-11-37(33)43(39(34)24-31)27-17-25-16-26(19-27)20-28(43)18-25/h3-15,21-28H,16-20H2,1-2H3. The van der Waals surface area contributed by atoms with Gasteiger partial charge in [0.15, 0.2) is 0 Å². The number of hydrogen-bond acceptors (Lipinski definition) is 1. The molecule has 0 radical (unpaired) electrons. The largest absolute Gasteiger partial charge is 0.310 e. The molecule has 0 aliphatic heterocycles. The maximum Gasteiger partial charge on any atom is 0.128 e. The predicted molar refractivity (Wildman–Crippen MR) is 182 cm³/mol. The summed E-state index contributed by atoms with van der Waals surface area (Å²) in [6, 6.07) is 35.0. The van der Waals surface area contributed by atoms with E-state index in [1.807, 2.05) is 0 Å². The van der Waals surface area contributed by atoms with E-state index in [4.69, 9.17) is 0 Å². The van der Waals surface area contributed by atoms with E-state index in [2.05, 4.69) is 104 Å². The Kier molecular flexibility index (Phi) is 5.38. The molecule has 3 heteroatoms. The Labute approximate surface area is 269 Å². The molecule has 0 aromatic heterocycles. The van der Waals surface area contributed by atoms with Crippen LogP contribution in [-0.4, -0.2) is 0 Å². The van der Waals surface area contributed by atoms with Gasteiger partial charge in [-0.2, -0.15) is 0 Å². The second kappa shape index (κ2) is 9.18. The van der Waals surface area contributed by atoms with Gasteiger partial charge in [-0.1, -0.05) is 80.6 Å². The van der Waals surface area contributed by atoms with E-state index in [9.17, 15) is 0 Å². The lowest BCUT2D eigenvalue weighted by Gasteiger charge is -2.61. The fourth-order valence-corrected chi connectivity index (χ4v) is 11.3. The van der Waals surface area contributed by atoms with Crippen molar-refractivity contribution in [3.63, 3.8) is 0 Å². The summed E-state index contributed by atoms with van der Waals surface area (Å²) in [4.78, 5) is 2.12. The van der Waals surface area contributed by atoms with E-state index in [1.165, 1.54) is 83.2 Å². The Morgan fingerprint density at radius 3 is 1.87 bits per heavy atom. The Morgan fingerprint density at radius 1 is 0.543 bits per heavy atom. The van der Waals surface area contributed by atoms with Gasteiger partial charge in [0, 0.05) is 28.1 Å². The highest BCUT2D eigenvalue weighted by Gasteiger charge is 2.61. The molecule has 46 heavy (non-hydrogen) atoms. The van der Waals surface area contributed by atoms with Crippen LogP contribution in [0.5, 0.6) is 0 Å². The molecular weight excluding hydrogens is 568 g/mol. The van der Waals surface area contributed by atoms with Crippen LogP contribution >= 0.6 is 0 Å². The molecule has 0 amide bonds. The van der Waals surface area contributed by atoms with Crippen LogP contribution in [-0.2, 0) is 10.8 Å². The zero-order valence-electron chi connectivity index (χ0n) is 26.4. The van der Waals surface area contributed by atoms with Crippen molar-refractivity contribution in [2.45, 2.75) is 56.8 Å². The van der Waals surface area contributed by atoms with E-state index in [-0.39, 0.29) is 10.8 Å². The van der Waals surface area contributed by atoms with Crippen LogP contribution in [0.1, 0.15) is 68.2 Å². The number of rotatable bonds is 3. The van der Waals surface area contributed by atoms with Crippen molar-refractivity contribution in [2.24, 2.45) is 23.7 Å². The third-order valence-corrected chi connectivity index (χ3v) is 12.7. The Hall–Kier alpha value is -4.24. The molecule has 1 nitrogen and oxygen atoms in total. The molecule has 0 atom stereocenters. The topological polar surface area (TPSA) is 3.24 Å². The first-order valence-corrected chi connectivity index (χ1v) is 17.1. The quantitative estimate of drug-likeness (QED) is 0.198. The molecule has 4 saturated carbocycles. The minimum Gasteiger partial charge on any atom is -0.310 e. The lowest BCUT2D eigenvalue weighted by molar-refractivity contribution is -0.0399. The van der Waals surface area contributed by atoms with Crippen LogP contribution < -0.4 is 4.90 Å². The molecule has 6 aliphatic rings. The normalized spacial score (nSPS) is 27.0. The monoisotopic (exact) mass is 605 g/mol. The summed E-state index contributed by atoms with van der Waals surface area (Å²) < 4.78 is 30.1. The van der Waals surface area contributed by atoms with Crippen molar-refractivity contribution in [1.29, 1.82) is 0 Å². The Balaban J connectivity index is 1.24. The first-order chi connectivity index (χ1) is 22.3. The summed E-state index contributed by atoms with van der Waals surface area (Å²) in [6.07, 6.45) is 6.64. The third kappa shape index (κ3) is 3.39. The minimum absolute atomic E-state index is 0.00143. The van der Waals surface area contributed by atoms with Gasteiger partial charge in [0.2, 0.25) is 0 Å². The molecular formula is C43H37F2N. The van der Waals surface area contributed by atoms with E-state index in [1.54, 1.807) is 0 Å². The van der Waals surface area contributed by atoms with Gasteiger partial charge in [0.25, 0.3) is 0 Å². The van der Waals surface area contributed by atoms with Crippen molar-refractivity contribution in [3.05, 3.63) is 137 Å². The van der Waals surface area contributed by atoms with Gasteiger partial charge in [-0.3, -0.25) is 0 Å². The van der Waals surface area contributed by atoms with Gasteiger partial charge in [-0.05, 0) is 125 Å². The van der Waals surface area contributed by atoms with Crippen molar-refractivity contribution >= 4 is 17.1 Å². The average molecular weight is 606 g/mol. The smallest absolute Gasteiger partial charge is 0.128 e. The first-order valence-electron chi connectivity index (χ1n) is 17.1. The Morgan fingerprint density at radius 2 is 1.15 bits per heavy atom. The number of hydrogen-bond donors (Lipinski definition) is 0. The van der Waals surface area contributed by atoms with Crippen LogP contribution in [0.15, 0.2) is 103 Å². The van der Waals surface area contributed by atoms with Crippen LogP contribution in [0.3, 0.4) is 0 Å². The summed E-state index contributed by atoms with van der Waals surface area (Å²) in [6.45, 7) is 4.55. The molecule has 1 spiro atoms. The number of benzene rings is 5. The highest BCUT2D eigenvalue weighted by atomic mass is 19.1. The number of nitrogens with zero attached hydrogens (tertiary/aromatic N) is 1. The third-order valence-electron chi connectivity index (χ3n) is 12.7. The predicted octanol–water partition coefficient (Wildman–Crippen LogP) is 11.5. The highest BCUT2D eigenvalue weighted by molar-refractivity contribution is 5.96. The van der Waals surface area contributed by atoms with Gasteiger partial charge in [0.05, 0.1) is 11.4 Å². The Bertz CT molecular complexity index is 2040. The average Bonchev–Trinajstić information content (AvgIpc) is 3.46. The van der Waals surface area contributed by atoms with Gasteiger partial charge < -0.3 is 4.90 Å². The molecule has 5 aromatic carbocycles. The lowest BCUT2D eigenvalue weighted by atomic mass is 9.43. The number of halogens is 2. The summed E-state index contributed by atoms with van der Waals surface area (Å²) >= 11 is 0. The van der Waals surface area contributed by atoms with Crippen molar-refractivity contribution in [1.82, 2.24) is 0 Å². The SMILES string of the molecule is CC1(C)c2ccccc2-c2c(N(c3cc(F)cc(F)c3)c3ccc4c(c3)C3(c5ccccc5-4)C4CC5CC(C4)CC3C5)cccc21. The molecule has 228 valence electrons. The lowest BCUT2D eigenvalue weighted by Crippen LogP contribution is -2.55. The van der Waals surface area contributed by atoms with E-state index in [0.29, 0.717) is 17.5 Å². The zero-order valence-corrected chi connectivity index (χ0v) is 26.4. The summed E-state index contributed by atoms with van der Waals surface area (Å²) in [5, 5.41) is 0. The molecule has 0 heterocycles. The van der Waals surface area contributed by atoms with Gasteiger partial charge in [0.1, 0.15) is 11.6 Å². The van der Waals surface area contributed by atoms with Crippen LogP contribution in [0.25, 0.3) is 22.3 Å². The van der Waals surface area contributed by atoms with Gasteiger partial charge in [-0.15, -0.1) is 0 Å².